The Kier molecular flexibility index (Phi) is 4.93. The molecule has 1 unspecified atom stereocenters. The van der Waals surface area contributed by atoms with E-state index in [1.165, 1.54) is 0 Å². The molecule has 1 aromatic carbocycles. The van der Waals surface area contributed by atoms with Gasteiger partial charge in [0.15, 0.2) is 0 Å². The highest BCUT2D eigenvalue weighted by atomic mass is 16.5. The SMILES string of the molecule is CNc1ccc(OCC(O)COC)cc1. The standard InChI is InChI=1S/C11H17NO3/c1-12-9-3-5-11(6-4-9)15-8-10(13)7-14-2/h3-6,10,12-13H,7-8H2,1-2H3. The van der Waals surface area contributed by atoms with Gasteiger partial charge in [-0.05, 0) is 24.3 Å². The fourth-order valence-electron chi connectivity index (χ4n) is 1.15. The Morgan fingerprint density at radius 2 is 1.93 bits per heavy atom. The van der Waals surface area contributed by atoms with Crippen LogP contribution >= 0.6 is 0 Å². The molecule has 15 heavy (non-hydrogen) atoms. The maximum Gasteiger partial charge on any atom is 0.119 e. The smallest absolute Gasteiger partial charge is 0.119 e. The van der Waals surface area contributed by atoms with Crippen molar-refractivity contribution in [1.29, 1.82) is 0 Å². The van der Waals surface area contributed by atoms with Crippen LogP contribution in [0.15, 0.2) is 24.3 Å². The van der Waals surface area contributed by atoms with E-state index in [0.29, 0.717) is 0 Å². The zero-order chi connectivity index (χ0) is 11.1. The lowest BCUT2D eigenvalue weighted by Crippen LogP contribution is -2.22. The second kappa shape index (κ2) is 6.27. The highest BCUT2D eigenvalue weighted by Gasteiger charge is 2.03. The van der Waals surface area contributed by atoms with Crippen LogP contribution in [0.25, 0.3) is 0 Å². The Morgan fingerprint density at radius 1 is 1.27 bits per heavy atom. The number of anilines is 1. The molecule has 4 nitrogen and oxygen atoms in total. The van der Waals surface area contributed by atoms with E-state index in [1.807, 2.05) is 31.3 Å². The first kappa shape index (κ1) is 11.8. The zero-order valence-electron chi connectivity index (χ0n) is 9.06. The van der Waals surface area contributed by atoms with Gasteiger partial charge in [0.2, 0.25) is 0 Å². The molecule has 0 aliphatic heterocycles. The monoisotopic (exact) mass is 211 g/mol. The van der Waals surface area contributed by atoms with E-state index in [4.69, 9.17) is 9.47 Å². The first-order chi connectivity index (χ1) is 7.26. The molecule has 0 fully saturated rings. The normalized spacial score (nSPS) is 12.2. The van der Waals surface area contributed by atoms with Crippen LogP contribution in [-0.4, -0.2) is 38.6 Å². The zero-order valence-corrected chi connectivity index (χ0v) is 9.06. The van der Waals surface area contributed by atoms with Crippen LogP contribution in [0.1, 0.15) is 0 Å². The molecule has 0 aromatic heterocycles. The lowest BCUT2D eigenvalue weighted by molar-refractivity contribution is 0.0325. The molecule has 4 heteroatoms. The van der Waals surface area contributed by atoms with Crippen LogP contribution in [0.4, 0.5) is 5.69 Å². The number of ether oxygens (including phenoxy) is 2. The number of aliphatic hydroxyl groups is 1. The summed E-state index contributed by atoms with van der Waals surface area (Å²) in [7, 11) is 3.41. The van der Waals surface area contributed by atoms with Gasteiger partial charge in [0.25, 0.3) is 0 Å². The van der Waals surface area contributed by atoms with Gasteiger partial charge in [0.05, 0.1) is 6.61 Å². The Balaban J connectivity index is 2.37. The first-order valence-electron chi connectivity index (χ1n) is 4.84. The molecule has 0 saturated carbocycles. The molecule has 0 amide bonds. The Labute approximate surface area is 89.8 Å². The fourth-order valence-corrected chi connectivity index (χ4v) is 1.15. The van der Waals surface area contributed by atoms with Gasteiger partial charge in [0.1, 0.15) is 18.5 Å². The van der Waals surface area contributed by atoms with Crippen LogP contribution in [0.2, 0.25) is 0 Å². The van der Waals surface area contributed by atoms with E-state index < -0.39 is 6.10 Å². The number of hydrogen-bond donors (Lipinski definition) is 2. The van der Waals surface area contributed by atoms with Crippen molar-refractivity contribution in [2.45, 2.75) is 6.10 Å². The van der Waals surface area contributed by atoms with Gasteiger partial charge < -0.3 is 19.9 Å². The molecule has 1 aromatic rings. The summed E-state index contributed by atoms with van der Waals surface area (Å²) in [6.45, 7) is 0.529. The second-order valence-corrected chi connectivity index (χ2v) is 3.19. The van der Waals surface area contributed by atoms with E-state index in [9.17, 15) is 5.11 Å². The largest absolute Gasteiger partial charge is 0.491 e. The van der Waals surface area contributed by atoms with Crippen LogP contribution in [-0.2, 0) is 4.74 Å². The molecule has 0 bridgehead atoms. The average Bonchev–Trinajstić information content (AvgIpc) is 2.27. The molecule has 0 heterocycles. The van der Waals surface area contributed by atoms with Gasteiger partial charge in [-0.1, -0.05) is 0 Å². The van der Waals surface area contributed by atoms with Crippen molar-refractivity contribution in [1.82, 2.24) is 0 Å². The quantitative estimate of drug-likeness (QED) is 0.740. The lowest BCUT2D eigenvalue weighted by Gasteiger charge is -2.11. The summed E-state index contributed by atoms with van der Waals surface area (Å²) < 4.78 is 10.2. The summed E-state index contributed by atoms with van der Waals surface area (Å²) in [5.74, 6) is 0.740. The topological polar surface area (TPSA) is 50.7 Å². The molecule has 0 saturated heterocycles. The number of hydrogen-bond acceptors (Lipinski definition) is 4. The summed E-state index contributed by atoms with van der Waals surface area (Å²) in [6, 6.07) is 7.53. The Hall–Kier alpha value is -1.26. The number of methoxy groups -OCH3 is 1. The Bertz CT molecular complexity index is 274. The molecule has 2 N–H and O–H groups in total. The minimum Gasteiger partial charge on any atom is -0.491 e. The van der Waals surface area contributed by atoms with Gasteiger partial charge in [-0.15, -0.1) is 0 Å². The van der Waals surface area contributed by atoms with E-state index in [0.717, 1.165) is 11.4 Å². The molecule has 1 rings (SSSR count). The summed E-state index contributed by atoms with van der Waals surface area (Å²) in [6.07, 6.45) is -0.584. The van der Waals surface area contributed by atoms with Crippen molar-refractivity contribution < 1.29 is 14.6 Å². The van der Waals surface area contributed by atoms with Crippen molar-refractivity contribution in [3.05, 3.63) is 24.3 Å². The van der Waals surface area contributed by atoms with Crippen molar-refractivity contribution in [2.24, 2.45) is 0 Å². The number of nitrogens with one attached hydrogen (secondary N) is 1. The highest BCUT2D eigenvalue weighted by Crippen LogP contribution is 2.15. The molecular weight excluding hydrogens is 194 g/mol. The maximum atomic E-state index is 9.35. The number of rotatable bonds is 6. The second-order valence-electron chi connectivity index (χ2n) is 3.19. The summed E-state index contributed by atoms with van der Waals surface area (Å²) in [4.78, 5) is 0. The van der Waals surface area contributed by atoms with Crippen molar-refractivity contribution in [3.63, 3.8) is 0 Å². The predicted molar refractivity (Wildman–Crippen MR) is 59.4 cm³/mol. The molecule has 1 atom stereocenters. The third-order valence-electron chi connectivity index (χ3n) is 1.94. The van der Waals surface area contributed by atoms with Gasteiger partial charge in [-0.3, -0.25) is 0 Å². The summed E-state index contributed by atoms with van der Waals surface area (Å²) >= 11 is 0. The minimum atomic E-state index is -0.584. The molecule has 0 aliphatic rings. The van der Waals surface area contributed by atoms with Gasteiger partial charge in [-0.25, -0.2) is 0 Å². The summed E-state index contributed by atoms with van der Waals surface area (Å²) in [5.41, 5.74) is 1.03. The maximum absolute atomic E-state index is 9.35. The third-order valence-corrected chi connectivity index (χ3v) is 1.94. The van der Waals surface area contributed by atoms with Gasteiger partial charge in [0, 0.05) is 19.8 Å². The molecular formula is C11H17NO3. The third kappa shape index (κ3) is 4.18. The van der Waals surface area contributed by atoms with Crippen LogP contribution in [0, 0.1) is 0 Å². The van der Waals surface area contributed by atoms with Crippen LogP contribution in [0.3, 0.4) is 0 Å². The molecule has 0 spiro atoms. The van der Waals surface area contributed by atoms with E-state index in [2.05, 4.69) is 5.32 Å². The van der Waals surface area contributed by atoms with Crippen molar-refractivity contribution >= 4 is 5.69 Å². The molecule has 0 aliphatic carbocycles. The van der Waals surface area contributed by atoms with Crippen molar-refractivity contribution in [3.8, 4) is 5.75 Å². The summed E-state index contributed by atoms with van der Waals surface area (Å²) in [5, 5.41) is 12.4. The van der Waals surface area contributed by atoms with E-state index in [-0.39, 0.29) is 13.2 Å². The van der Waals surface area contributed by atoms with E-state index in [1.54, 1.807) is 7.11 Å². The van der Waals surface area contributed by atoms with Crippen LogP contribution < -0.4 is 10.1 Å². The Morgan fingerprint density at radius 3 is 2.47 bits per heavy atom. The van der Waals surface area contributed by atoms with Crippen molar-refractivity contribution in [2.75, 3.05) is 32.7 Å². The van der Waals surface area contributed by atoms with E-state index >= 15 is 0 Å². The lowest BCUT2D eigenvalue weighted by atomic mass is 10.3. The minimum absolute atomic E-state index is 0.243. The number of aliphatic hydroxyl groups excluding tert-OH is 1. The predicted octanol–water partition coefficient (Wildman–Crippen LogP) is 1.11. The number of benzene rings is 1. The van der Waals surface area contributed by atoms with Gasteiger partial charge in [-0.2, -0.15) is 0 Å². The highest BCUT2D eigenvalue weighted by molar-refractivity contribution is 5.45. The average molecular weight is 211 g/mol. The first-order valence-corrected chi connectivity index (χ1v) is 4.84. The fraction of sp³-hybridized carbons (Fsp3) is 0.455. The van der Waals surface area contributed by atoms with Gasteiger partial charge >= 0.3 is 0 Å². The molecule has 84 valence electrons. The molecule has 0 radical (unpaired) electrons. The van der Waals surface area contributed by atoms with Crippen LogP contribution in [0.5, 0.6) is 5.75 Å².